The van der Waals surface area contributed by atoms with Crippen molar-refractivity contribution in [3.8, 4) is 22.3 Å². The zero-order valence-electron chi connectivity index (χ0n) is 12.8. The first-order valence-electron chi connectivity index (χ1n) is 7.23. The predicted octanol–water partition coefficient (Wildman–Crippen LogP) is 3.89. The van der Waals surface area contributed by atoms with Crippen LogP contribution in [0.4, 0.5) is 0 Å². The summed E-state index contributed by atoms with van der Waals surface area (Å²) < 4.78 is 7.30. The van der Waals surface area contributed by atoms with Gasteiger partial charge in [0.2, 0.25) is 0 Å². The van der Waals surface area contributed by atoms with Crippen molar-refractivity contribution in [1.82, 2.24) is 24.7 Å². The van der Waals surface area contributed by atoms with Crippen molar-refractivity contribution in [2.45, 2.75) is 10.9 Å². The Morgan fingerprint density at radius 3 is 2.96 bits per heavy atom. The van der Waals surface area contributed by atoms with E-state index in [2.05, 4.69) is 25.5 Å². The number of aromatic nitrogens is 5. The normalized spacial score (nSPS) is 11.0. The van der Waals surface area contributed by atoms with Gasteiger partial charge in [0.15, 0.2) is 16.7 Å². The van der Waals surface area contributed by atoms with E-state index in [1.807, 2.05) is 41.9 Å². The van der Waals surface area contributed by atoms with Gasteiger partial charge in [0.05, 0.1) is 17.7 Å². The SMILES string of the molecule is Cn1c(SCc2csc(-c3ccccn3)n2)nnc1-c1ccco1. The highest BCUT2D eigenvalue weighted by Crippen LogP contribution is 2.28. The third kappa shape index (κ3) is 2.98. The molecule has 0 unspecified atom stereocenters. The van der Waals surface area contributed by atoms with Gasteiger partial charge in [-0.2, -0.15) is 0 Å². The second kappa shape index (κ2) is 6.58. The van der Waals surface area contributed by atoms with Crippen LogP contribution in [0.1, 0.15) is 5.69 Å². The van der Waals surface area contributed by atoms with Crippen molar-refractivity contribution in [2.24, 2.45) is 7.05 Å². The summed E-state index contributed by atoms with van der Waals surface area (Å²) in [5.74, 6) is 2.16. The molecule has 6 nitrogen and oxygen atoms in total. The van der Waals surface area contributed by atoms with Gasteiger partial charge in [-0.25, -0.2) is 4.98 Å². The molecule has 0 saturated carbocycles. The summed E-state index contributed by atoms with van der Waals surface area (Å²) in [7, 11) is 1.93. The Labute approximate surface area is 146 Å². The quantitative estimate of drug-likeness (QED) is 0.506. The number of hydrogen-bond donors (Lipinski definition) is 0. The Balaban J connectivity index is 1.47. The minimum atomic E-state index is 0.711. The van der Waals surface area contributed by atoms with Crippen LogP contribution in [0.5, 0.6) is 0 Å². The molecule has 0 aliphatic carbocycles. The number of nitrogens with zero attached hydrogens (tertiary/aromatic N) is 5. The van der Waals surface area contributed by atoms with Gasteiger partial charge in [-0.3, -0.25) is 4.98 Å². The first kappa shape index (κ1) is 15.1. The van der Waals surface area contributed by atoms with Crippen molar-refractivity contribution in [3.05, 3.63) is 53.9 Å². The molecule has 4 heterocycles. The predicted molar refractivity (Wildman–Crippen MR) is 93.6 cm³/mol. The van der Waals surface area contributed by atoms with Crippen molar-refractivity contribution in [2.75, 3.05) is 0 Å². The molecular weight excluding hydrogens is 342 g/mol. The van der Waals surface area contributed by atoms with Crippen LogP contribution in [0.2, 0.25) is 0 Å². The van der Waals surface area contributed by atoms with Gasteiger partial charge in [-0.05, 0) is 24.3 Å². The van der Waals surface area contributed by atoms with E-state index < -0.39 is 0 Å². The van der Waals surface area contributed by atoms with Crippen LogP contribution in [0.3, 0.4) is 0 Å². The highest BCUT2D eigenvalue weighted by atomic mass is 32.2. The molecule has 120 valence electrons. The maximum absolute atomic E-state index is 5.38. The molecule has 24 heavy (non-hydrogen) atoms. The summed E-state index contributed by atoms with van der Waals surface area (Å²) in [5, 5.41) is 12.2. The van der Waals surface area contributed by atoms with Crippen LogP contribution in [-0.2, 0) is 12.8 Å². The lowest BCUT2D eigenvalue weighted by molar-refractivity contribution is 0.572. The molecule has 0 radical (unpaired) electrons. The molecular formula is C16H13N5OS2. The number of hydrogen-bond acceptors (Lipinski definition) is 7. The van der Waals surface area contributed by atoms with E-state index in [1.165, 1.54) is 0 Å². The van der Waals surface area contributed by atoms with Crippen molar-refractivity contribution in [3.63, 3.8) is 0 Å². The zero-order valence-corrected chi connectivity index (χ0v) is 14.4. The fraction of sp³-hybridized carbons (Fsp3) is 0.125. The summed E-state index contributed by atoms with van der Waals surface area (Å²) in [4.78, 5) is 8.97. The minimum Gasteiger partial charge on any atom is -0.461 e. The lowest BCUT2D eigenvalue weighted by Gasteiger charge is -2.00. The molecule has 4 aromatic rings. The molecule has 0 bridgehead atoms. The van der Waals surface area contributed by atoms with Crippen molar-refractivity contribution < 1.29 is 4.42 Å². The van der Waals surface area contributed by atoms with E-state index >= 15 is 0 Å². The Kier molecular flexibility index (Phi) is 4.14. The Morgan fingerprint density at radius 1 is 1.21 bits per heavy atom. The Morgan fingerprint density at radius 2 is 2.17 bits per heavy atom. The monoisotopic (exact) mass is 355 g/mol. The molecule has 0 N–H and O–H groups in total. The molecule has 8 heteroatoms. The van der Waals surface area contributed by atoms with E-state index in [0.29, 0.717) is 5.76 Å². The molecule has 0 aliphatic rings. The molecule has 4 aromatic heterocycles. The average Bonchev–Trinajstić information content (AvgIpc) is 3.35. The summed E-state index contributed by atoms with van der Waals surface area (Å²) in [5.41, 5.74) is 1.91. The van der Waals surface area contributed by atoms with E-state index in [0.717, 1.165) is 33.1 Å². The molecule has 0 spiro atoms. The van der Waals surface area contributed by atoms with Crippen LogP contribution in [0, 0.1) is 0 Å². The van der Waals surface area contributed by atoms with E-state index in [1.54, 1.807) is 35.6 Å². The van der Waals surface area contributed by atoms with Gasteiger partial charge < -0.3 is 8.98 Å². The maximum atomic E-state index is 5.38. The number of thioether (sulfide) groups is 1. The number of rotatable bonds is 5. The number of thiazole rings is 1. The summed E-state index contributed by atoms with van der Waals surface area (Å²) in [6, 6.07) is 9.55. The van der Waals surface area contributed by atoms with E-state index in [4.69, 9.17) is 4.42 Å². The van der Waals surface area contributed by atoms with E-state index in [9.17, 15) is 0 Å². The molecule has 0 aromatic carbocycles. The maximum Gasteiger partial charge on any atom is 0.200 e. The average molecular weight is 355 g/mol. The first-order valence-corrected chi connectivity index (χ1v) is 9.09. The van der Waals surface area contributed by atoms with Crippen molar-refractivity contribution >= 4 is 23.1 Å². The largest absolute Gasteiger partial charge is 0.461 e. The molecule has 0 saturated heterocycles. The second-order valence-corrected chi connectivity index (χ2v) is 6.79. The summed E-state index contributed by atoms with van der Waals surface area (Å²) in [6.45, 7) is 0. The van der Waals surface area contributed by atoms with Crippen LogP contribution in [0.25, 0.3) is 22.3 Å². The van der Waals surface area contributed by atoms with Gasteiger partial charge in [-0.1, -0.05) is 17.8 Å². The van der Waals surface area contributed by atoms with Gasteiger partial charge in [0.25, 0.3) is 0 Å². The van der Waals surface area contributed by atoms with Gasteiger partial charge in [-0.15, -0.1) is 21.5 Å². The molecule has 0 fully saturated rings. The topological polar surface area (TPSA) is 69.6 Å². The van der Waals surface area contributed by atoms with Gasteiger partial charge in [0, 0.05) is 24.4 Å². The third-order valence-corrected chi connectivity index (χ3v) is 5.33. The fourth-order valence-electron chi connectivity index (χ4n) is 2.18. The number of furan rings is 1. The van der Waals surface area contributed by atoms with Crippen molar-refractivity contribution in [1.29, 1.82) is 0 Å². The lowest BCUT2D eigenvalue weighted by Crippen LogP contribution is -1.94. The summed E-state index contributed by atoms with van der Waals surface area (Å²) in [6.07, 6.45) is 3.41. The van der Waals surface area contributed by atoms with Gasteiger partial charge in [0.1, 0.15) is 5.01 Å². The Bertz CT molecular complexity index is 931. The first-order chi connectivity index (χ1) is 11.8. The molecule has 0 atom stereocenters. The standard InChI is InChI=1S/C16H13N5OS2/c1-21-14(13-6-4-8-22-13)19-20-16(21)24-10-11-9-23-15(18-11)12-5-2-3-7-17-12/h2-9H,10H2,1H3. The molecule has 0 amide bonds. The van der Waals surface area contributed by atoms with E-state index in [-0.39, 0.29) is 0 Å². The number of pyridine rings is 1. The molecule has 0 aliphatic heterocycles. The third-order valence-electron chi connectivity index (χ3n) is 3.36. The smallest absolute Gasteiger partial charge is 0.200 e. The highest BCUT2D eigenvalue weighted by Gasteiger charge is 2.14. The zero-order chi connectivity index (χ0) is 16.4. The van der Waals surface area contributed by atoms with Crippen LogP contribution < -0.4 is 0 Å². The Hall–Kier alpha value is -2.45. The minimum absolute atomic E-state index is 0.711. The fourth-order valence-corrected chi connectivity index (χ4v) is 3.88. The highest BCUT2D eigenvalue weighted by molar-refractivity contribution is 7.98. The van der Waals surface area contributed by atoms with Crippen LogP contribution in [0.15, 0.2) is 57.7 Å². The van der Waals surface area contributed by atoms with Crippen LogP contribution in [-0.4, -0.2) is 24.7 Å². The lowest BCUT2D eigenvalue weighted by atomic mass is 10.4. The molecule has 4 rings (SSSR count). The summed E-state index contributed by atoms with van der Waals surface area (Å²) >= 11 is 3.20. The van der Waals surface area contributed by atoms with Crippen LogP contribution >= 0.6 is 23.1 Å². The van der Waals surface area contributed by atoms with Gasteiger partial charge >= 0.3 is 0 Å². The second-order valence-electron chi connectivity index (χ2n) is 4.99.